The highest BCUT2D eigenvalue weighted by molar-refractivity contribution is 7.91. The Balaban J connectivity index is 2.99. The van der Waals surface area contributed by atoms with Crippen LogP contribution in [-0.4, -0.2) is 19.8 Å². The molecule has 0 spiro atoms. The third kappa shape index (κ3) is 2.79. The summed E-state index contributed by atoms with van der Waals surface area (Å²) >= 11 is 0. The zero-order valence-corrected chi connectivity index (χ0v) is 9.32. The summed E-state index contributed by atoms with van der Waals surface area (Å²) in [4.78, 5) is 10.8. The van der Waals surface area contributed by atoms with Crippen LogP contribution in [-0.2, 0) is 19.4 Å². The van der Waals surface area contributed by atoms with Gasteiger partial charge in [-0.2, -0.15) is 0 Å². The molecule has 0 aliphatic carbocycles. The summed E-state index contributed by atoms with van der Waals surface area (Å²) in [5, 5.41) is 0. The minimum Gasteiger partial charge on any atom is -0.446 e. The second-order valence-electron chi connectivity index (χ2n) is 3.04. The van der Waals surface area contributed by atoms with Crippen LogP contribution in [0.15, 0.2) is 35.2 Å². The average Bonchev–Trinajstić information content (AvgIpc) is 2.18. The second-order valence-corrected chi connectivity index (χ2v) is 5.26. The van der Waals surface area contributed by atoms with E-state index in [4.69, 9.17) is 0 Å². The number of esters is 1. The molecule has 0 fully saturated rings. The molecule has 0 radical (unpaired) electrons. The zero-order valence-electron chi connectivity index (χ0n) is 8.51. The van der Waals surface area contributed by atoms with Gasteiger partial charge in [0.05, 0.1) is 4.90 Å². The molecule has 0 saturated heterocycles. The fourth-order valence-electron chi connectivity index (χ4n) is 1.10. The van der Waals surface area contributed by atoms with E-state index in [1.54, 1.807) is 18.2 Å². The van der Waals surface area contributed by atoms with E-state index >= 15 is 0 Å². The lowest BCUT2D eigenvalue weighted by molar-refractivity contribution is -0.142. The molecule has 1 aromatic rings. The fraction of sp³-hybridized carbons (Fsp3) is 0.300. The molecule has 4 nitrogen and oxygen atoms in total. The van der Waals surface area contributed by atoms with Gasteiger partial charge in [0.25, 0.3) is 0 Å². The number of carbonyl (C=O) groups is 1. The molecule has 1 rings (SSSR count). The molecule has 0 heterocycles. The molecule has 0 aliphatic rings. The maximum atomic E-state index is 11.8. The van der Waals surface area contributed by atoms with Crippen LogP contribution in [0.1, 0.15) is 13.8 Å². The van der Waals surface area contributed by atoms with Crippen molar-refractivity contribution in [2.45, 2.75) is 24.2 Å². The van der Waals surface area contributed by atoms with Crippen LogP contribution in [0, 0.1) is 0 Å². The van der Waals surface area contributed by atoms with Gasteiger partial charge in [-0.1, -0.05) is 18.2 Å². The normalized spacial score (nSPS) is 13.2. The van der Waals surface area contributed by atoms with Gasteiger partial charge in [-0.3, -0.25) is 4.79 Å². The minimum atomic E-state index is -3.58. The number of hydrogen-bond donors (Lipinski definition) is 0. The molecule has 0 aliphatic heterocycles. The number of carbonyl (C=O) groups excluding carboxylic acids is 1. The first kappa shape index (κ1) is 11.7. The van der Waals surface area contributed by atoms with Crippen LogP contribution in [0.3, 0.4) is 0 Å². The molecule has 82 valence electrons. The Morgan fingerprint density at radius 3 is 2.27 bits per heavy atom. The quantitative estimate of drug-likeness (QED) is 0.733. The van der Waals surface area contributed by atoms with E-state index in [9.17, 15) is 13.2 Å². The Morgan fingerprint density at radius 2 is 1.80 bits per heavy atom. The lowest BCUT2D eigenvalue weighted by atomic mass is 10.4. The summed E-state index contributed by atoms with van der Waals surface area (Å²) in [7, 11) is -3.58. The van der Waals surface area contributed by atoms with Gasteiger partial charge in [-0.05, 0) is 19.1 Å². The highest BCUT2D eigenvalue weighted by Crippen LogP contribution is 2.16. The molecule has 0 N–H and O–H groups in total. The van der Waals surface area contributed by atoms with Crippen molar-refractivity contribution in [1.82, 2.24) is 0 Å². The van der Waals surface area contributed by atoms with Crippen LogP contribution in [0.4, 0.5) is 0 Å². The molecule has 15 heavy (non-hydrogen) atoms. The largest absolute Gasteiger partial charge is 0.446 e. The third-order valence-electron chi connectivity index (χ3n) is 1.84. The van der Waals surface area contributed by atoms with Gasteiger partial charge in [-0.15, -0.1) is 0 Å². The number of hydrogen-bond acceptors (Lipinski definition) is 4. The summed E-state index contributed by atoms with van der Waals surface area (Å²) in [6.45, 7) is 2.51. The van der Waals surface area contributed by atoms with Crippen LogP contribution in [0.25, 0.3) is 0 Å². The molecule has 1 unspecified atom stereocenters. The molecule has 1 atom stereocenters. The maximum Gasteiger partial charge on any atom is 0.303 e. The topological polar surface area (TPSA) is 60.4 Å². The number of ether oxygens (including phenoxy) is 1. The number of sulfone groups is 1. The highest BCUT2D eigenvalue weighted by atomic mass is 32.2. The van der Waals surface area contributed by atoms with Gasteiger partial charge in [0.1, 0.15) is 0 Å². The van der Waals surface area contributed by atoms with Gasteiger partial charge in [0.2, 0.25) is 15.3 Å². The van der Waals surface area contributed by atoms with Crippen LogP contribution in [0.5, 0.6) is 0 Å². The van der Waals surface area contributed by atoms with Crippen LogP contribution >= 0.6 is 0 Å². The summed E-state index contributed by atoms with van der Waals surface area (Å²) in [6, 6.07) is 7.89. The molecular formula is C10H12O4S. The van der Waals surface area contributed by atoms with Gasteiger partial charge in [0, 0.05) is 6.92 Å². The van der Waals surface area contributed by atoms with E-state index in [1.165, 1.54) is 26.0 Å². The standard InChI is InChI=1S/C10H12O4S/c1-8(11)14-9(2)15(12,13)10-6-4-3-5-7-10/h3-7,9H,1-2H3. The smallest absolute Gasteiger partial charge is 0.303 e. The first-order valence-corrected chi connectivity index (χ1v) is 5.95. The molecule has 5 heteroatoms. The van der Waals surface area contributed by atoms with E-state index in [2.05, 4.69) is 4.74 Å². The van der Waals surface area contributed by atoms with Crippen molar-refractivity contribution in [2.75, 3.05) is 0 Å². The average molecular weight is 228 g/mol. The van der Waals surface area contributed by atoms with Crippen molar-refractivity contribution < 1.29 is 17.9 Å². The molecule has 0 amide bonds. The van der Waals surface area contributed by atoms with Crippen molar-refractivity contribution >= 4 is 15.8 Å². The predicted molar refractivity (Wildman–Crippen MR) is 54.9 cm³/mol. The Kier molecular flexibility index (Phi) is 3.47. The maximum absolute atomic E-state index is 11.8. The zero-order chi connectivity index (χ0) is 11.5. The molecule has 1 aromatic carbocycles. The number of benzene rings is 1. The monoisotopic (exact) mass is 228 g/mol. The van der Waals surface area contributed by atoms with Crippen LogP contribution in [0.2, 0.25) is 0 Å². The van der Waals surface area contributed by atoms with E-state index in [0.29, 0.717) is 0 Å². The number of rotatable bonds is 3. The van der Waals surface area contributed by atoms with Crippen molar-refractivity contribution in [3.63, 3.8) is 0 Å². The third-order valence-corrected chi connectivity index (χ3v) is 3.74. The van der Waals surface area contributed by atoms with E-state index in [0.717, 1.165) is 0 Å². The Morgan fingerprint density at radius 1 is 1.27 bits per heavy atom. The predicted octanol–water partition coefficient (Wildman–Crippen LogP) is 1.37. The second kappa shape index (κ2) is 4.44. The van der Waals surface area contributed by atoms with Crippen molar-refractivity contribution in [1.29, 1.82) is 0 Å². The van der Waals surface area contributed by atoms with Gasteiger partial charge < -0.3 is 4.74 Å². The summed E-state index contributed by atoms with van der Waals surface area (Å²) < 4.78 is 28.2. The fourth-order valence-corrected chi connectivity index (χ4v) is 2.28. The van der Waals surface area contributed by atoms with Crippen molar-refractivity contribution in [3.8, 4) is 0 Å². The summed E-state index contributed by atoms with van der Waals surface area (Å²) in [5.74, 6) is -0.609. The lowest BCUT2D eigenvalue weighted by Gasteiger charge is -2.12. The van der Waals surface area contributed by atoms with E-state index < -0.39 is 21.2 Å². The molecular weight excluding hydrogens is 216 g/mol. The van der Waals surface area contributed by atoms with E-state index in [-0.39, 0.29) is 4.90 Å². The summed E-state index contributed by atoms with van der Waals surface area (Å²) in [6.07, 6.45) is 0. The van der Waals surface area contributed by atoms with Gasteiger partial charge in [0.15, 0.2) is 0 Å². The minimum absolute atomic E-state index is 0.152. The van der Waals surface area contributed by atoms with Crippen LogP contribution < -0.4 is 0 Å². The SMILES string of the molecule is CC(=O)OC(C)S(=O)(=O)c1ccccc1. The molecule has 0 bridgehead atoms. The highest BCUT2D eigenvalue weighted by Gasteiger charge is 2.25. The molecule has 0 aromatic heterocycles. The van der Waals surface area contributed by atoms with Crippen molar-refractivity contribution in [3.05, 3.63) is 30.3 Å². The van der Waals surface area contributed by atoms with E-state index in [1.807, 2.05) is 0 Å². The lowest BCUT2D eigenvalue weighted by Crippen LogP contribution is -2.23. The first-order chi connectivity index (χ1) is 6.94. The summed E-state index contributed by atoms with van der Waals surface area (Å²) in [5.41, 5.74) is -1.16. The Bertz CT molecular complexity index is 436. The van der Waals surface area contributed by atoms with Gasteiger partial charge in [-0.25, -0.2) is 8.42 Å². The van der Waals surface area contributed by atoms with Gasteiger partial charge >= 0.3 is 5.97 Å². The van der Waals surface area contributed by atoms with Crippen molar-refractivity contribution in [2.24, 2.45) is 0 Å². The molecule has 0 saturated carbocycles. The first-order valence-electron chi connectivity index (χ1n) is 4.41. The Labute approximate surface area is 88.8 Å². The Hall–Kier alpha value is -1.36.